The molecule has 1 fully saturated rings. The van der Waals surface area contributed by atoms with Crippen molar-refractivity contribution < 1.29 is 19.0 Å². The van der Waals surface area contributed by atoms with Crippen LogP contribution in [0.3, 0.4) is 0 Å². The molecule has 5 atom stereocenters. The minimum atomic E-state index is -0.670. The van der Waals surface area contributed by atoms with Gasteiger partial charge in [-0.2, -0.15) is 0 Å². The van der Waals surface area contributed by atoms with E-state index in [4.69, 9.17) is 14.2 Å². The predicted octanol–water partition coefficient (Wildman–Crippen LogP) is 4.78. The van der Waals surface area contributed by atoms with E-state index in [1.165, 1.54) is 5.56 Å². The molecule has 0 N–H and O–H groups in total. The van der Waals surface area contributed by atoms with Crippen molar-refractivity contribution in [3.8, 4) is 0 Å². The molecule has 0 radical (unpaired) electrons. The van der Waals surface area contributed by atoms with Crippen molar-refractivity contribution in [2.45, 2.75) is 62.8 Å². The molecule has 1 aromatic carbocycles. The van der Waals surface area contributed by atoms with Crippen molar-refractivity contribution in [2.24, 2.45) is 11.8 Å². The minimum Gasteiger partial charge on any atom is -0.465 e. The maximum absolute atomic E-state index is 12.4. The zero-order valence-electron chi connectivity index (χ0n) is 16.2. The topological polar surface area (TPSA) is 44.8 Å². The Morgan fingerprint density at radius 3 is 2.69 bits per heavy atom. The maximum Gasteiger partial charge on any atom is 0.324 e. The number of esters is 1. The van der Waals surface area contributed by atoms with Gasteiger partial charge in [0.15, 0.2) is 0 Å². The second-order valence-electron chi connectivity index (χ2n) is 7.42. The third-order valence-electron chi connectivity index (χ3n) is 5.08. The van der Waals surface area contributed by atoms with Crippen LogP contribution >= 0.6 is 22.6 Å². The van der Waals surface area contributed by atoms with E-state index in [1.807, 2.05) is 32.0 Å². The summed E-state index contributed by atoms with van der Waals surface area (Å²) < 4.78 is 16.9. The zero-order chi connectivity index (χ0) is 19.2. The van der Waals surface area contributed by atoms with Gasteiger partial charge in [-0.15, -0.1) is 0 Å². The molecule has 0 bridgehead atoms. The molecule has 1 aliphatic heterocycles. The SMILES string of the molecule is CCOC(=O)[C@](C)(I)[C@@H]1O[C@@H]([C@H](C)COCc2ccccc2)CC[C@H]1C. The molecule has 146 valence electrons. The Kier molecular flexibility index (Phi) is 8.36. The highest BCUT2D eigenvalue weighted by molar-refractivity contribution is 14.1. The van der Waals surface area contributed by atoms with E-state index >= 15 is 0 Å². The maximum atomic E-state index is 12.4. The van der Waals surface area contributed by atoms with Crippen molar-refractivity contribution in [2.75, 3.05) is 13.2 Å². The van der Waals surface area contributed by atoms with Crippen molar-refractivity contribution >= 4 is 28.6 Å². The lowest BCUT2D eigenvalue weighted by Crippen LogP contribution is -2.52. The number of carbonyl (C=O) groups is 1. The van der Waals surface area contributed by atoms with E-state index in [2.05, 4.69) is 48.6 Å². The summed E-state index contributed by atoms with van der Waals surface area (Å²) in [5.74, 6) is 0.421. The van der Waals surface area contributed by atoms with Crippen LogP contribution in [0.2, 0.25) is 0 Å². The Labute approximate surface area is 171 Å². The van der Waals surface area contributed by atoms with E-state index in [-0.39, 0.29) is 24.1 Å². The average molecular weight is 474 g/mol. The van der Waals surface area contributed by atoms with Crippen molar-refractivity contribution in [3.05, 3.63) is 35.9 Å². The Morgan fingerprint density at radius 2 is 2.04 bits per heavy atom. The number of ether oxygens (including phenoxy) is 3. The molecule has 1 heterocycles. The predicted molar refractivity (Wildman–Crippen MR) is 111 cm³/mol. The molecular weight excluding hydrogens is 443 g/mol. The van der Waals surface area contributed by atoms with Gasteiger partial charge in [0.05, 0.1) is 32.0 Å². The van der Waals surface area contributed by atoms with Crippen LogP contribution in [-0.2, 0) is 25.6 Å². The van der Waals surface area contributed by atoms with Gasteiger partial charge in [-0.1, -0.05) is 66.8 Å². The lowest BCUT2D eigenvalue weighted by Gasteiger charge is -2.43. The summed E-state index contributed by atoms with van der Waals surface area (Å²) in [7, 11) is 0. The zero-order valence-corrected chi connectivity index (χ0v) is 18.4. The Morgan fingerprint density at radius 1 is 1.35 bits per heavy atom. The van der Waals surface area contributed by atoms with Crippen LogP contribution in [0.5, 0.6) is 0 Å². The molecular formula is C21H31IO4. The number of halogens is 1. The first-order valence-electron chi connectivity index (χ1n) is 9.49. The van der Waals surface area contributed by atoms with Gasteiger partial charge in [-0.3, -0.25) is 4.79 Å². The molecule has 5 heteroatoms. The fourth-order valence-electron chi connectivity index (χ4n) is 3.48. The first-order chi connectivity index (χ1) is 12.4. The third kappa shape index (κ3) is 5.67. The normalized spacial score (nSPS) is 26.7. The molecule has 4 nitrogen and oxygen atoms in total. The second-order valence-corrected chi connectivity index (χ2v) is 9.66. The highest BCUT2D eigenvalue weighted by Crippen LogP contribution is 2.39. The summed E-state index contributed by atoms with van der Waals surface area (Å²) in [5, 5.41) is 0. The monoisotopic (exact) mass is 474 g/mol. The summed E-state index contributed by atoms with van der Waals surface area (Å²) in [6.07, 6.45) is 2.02. The lowest BCUT2D eigenvalue weighted by atomic mass is 9.84. The fraction of sp³-hybridized carbons (Fsp3) is 0.667. The highest BCUT2D eigenvalue weighted by Gasteiger charge is 2.47. The van der Waals surface area contributed by atoms with E-state index in [9.17, 15) is 4.79 Å². The average Bonchev–Trinajstić information content (AvgIpc) is 2.63. The van der Waals surface area contributed by atoms with Crippen LogP contribution in [-0.4, -0.2) is 34.8 Å². The number of hydrogen-bond donors (Lipinski definition) is 0. The van der Waals surface area contributed by atoms with Gasteiger partial charge in [0, 0.05) is 5.92 Å². The van der Waals surface area contributed by atoms with Gasteiger partial charge in [0.2, 0.25) is 0 Å². The summed E-state index contributed by atoms with van der Waals surface area (Å²) in [5.41, 5.74) is 1.18. The van der Waals surface area contributed by atoms with Gasteiger partial charge < -0.3 is 14.2 Å². The first-order valence-corrected chi connectivity index (χ1v) is 10.6. The Balaban J connectivity index is 1.90. The minimum absolute atomic E-state index is 0.107. The fourth-order valence-corrected chi connectivity index (χ4v) is 4.40. The third-order valence-corrected chi connectivity index (χ3v) is 6.13. The van der Waals surface area contributed by atoms with Crippen LogP contribution in [0.1, 0.15) is 46.1 Å². The van der Waals surface area contributed by atoms with Crippen molar-refractivity contribution in [1.29, 1.82) is 0 Å². The van der Waals surface area contributed by atoms with Gasteiger partial charge in [0.25, 0.3) is 0 Å². The first kappa shape index (κ1) is 21.6. The van der Waals surface area contributed by atoms with Gasteiger partial charge in [0.1, 0.15) is 3.42 Å². The summed E-state index contributed by atoms with van der Waals surface area (Å²) in [6, 6.07) is 10.2. The molecule has 1 aromatic rings. The van der Waals surface area contributed by atoms with Crippen LogP contribution in [0.4, 0.5) is 0 Å². The number of alkyl halides is 1. The van der Waals surface area contributed by atoms with E-state index < -0.39 is 3.42 Å². The molecule has 1 saturated heterocycles. The molecule has 0 aliphatic carbocycles. The highest BCUT2D eigenvalue weighted by atomic mass is 127. The largest absolute Gasteiger partial charge is 0.465 e. The van der Waals surface area contributed by atoms with Crippen LogP contribution in [0.15, 0.2) is 30.3 Å². The molecule has 0 saturated carbocycles. The molecule has 2 rings (SSSR count). The van der Waals surface area contributed by atoms with Crippen LogP contribution in [0.25, 0.3) is 0 Å². The van der Waals surface area contributed by atoms with Gasteiger partial charge in [-0.05, 0) is 38.2 Å². The number of rotatable bonds is 8. The Hall–Kier alpha value is -0.660. The molecule has 0 amide bonds. The number of hydrogen-bond acceptors (Lipinski definition) is 4. The van der Waals surface area contributed by atoms with Crippen LogP contribution in [0, 0.1) is 11.8 Å². The van der Waals surface area contributed by atoms with Gasteiger partial charge >= 0.3 is 5.97 Å². The van der Waals surface area contributed by atoms with Crippen molar-refractivity contribution in [1.82, 2.24) is 0 Å². The standard InChI is InChI=1S/C21H31IO4/c1-5-25-20(23)21(4,22)19-15(2)11-12-18(26-19)16(3)13-24-14-17-9-7-6-8-10-17/h6-10,15-16,18-19H,5,11-14H2,1-4H3/t15-,16-,18-,19-,21-/m1/s1. The summed E-state index contributed by atoms with van der Waals surface area (Å²) in [4.78, 5) is 12.4. The molecule has 0 spiro atoms. The quantitative estimate of drug-likeness (QED) is 0.309. The molecule has 26 heavy (non-hydrogen) atoms. The molecule has 1 aliphatic rings. The van der Waals surface area contributed by atoms with E-state index in [0.29, 0.717) is 25.7 Å². The molecule has 0 unspecified atom stereocenters. The Bertz CT molecular complexity index is 560. The summed E-state index contributed by atoms with van der Waals surface area (Å²) in [6.45, 7) is 9.75. The van der Waals surface area contributed by atoms with E-state index in [1.54, 1.807) is 0 Å². The van der Waals surface area contributed by atoms with Crippen molar-refractivity contribution in [3.63, 3.8) is 0 Å². The van der Waals surface area contributed by atoms with E-state index in [0.717, 1.165) is 12.8 Å². The second kappa shape index (κ2) is 10.0. The number of carbonyl (C=O) groups excluding carboxylic acids is 1. The molecule has 0 aromatic heterocycles. The summed E-state index contributed by atoms with van der Waals surface area (Å²) >= 11 is 2.20. The lowest BCUT2D eigenvalue weighted by molar-refractivity contribution is -0.161. The number of benzene rings is 1. The van der Waals surface area contributed by atoms with Gasteiger partial charge in [-0.25, -0.2) is 0 Å². The smallest absolute Gasteiger partial charge is 0.324 e. The van der Waals surface area contributed by atoms with Crippen LogP contribution < -0.4 is 0 Å².